The number of halogens is 3. The van der Waals surface area contributed by atoms with Crippen molar-refractivity contribution in [2.24, 2.45) is 0 Å². The molecule has 2 aromatic carbocycles. The van der Waals surface area contributed by atoms with Crippen molar-refractivity contribution in [1.82, 2.24) is 9.97 Å². The van der Waals surface area contributed by atoms with Crippen LogP contribution in [0.25, 0.3) is 10.4 Å². The van der Waals surface area contributed by atoms with E-state index in [0.29, 0.717) is 29.8 Å². The van der Waals surface area contributed by atoms with E-state index in [0.717, 1.165) is 22.5 Å². The highest BCUT2D eigenvalue weighted by molar-refractivity contribution is 7.19. The first-order chi connectivity index (χ1) is 17.6. The lowest BCUT2D eigenvalue weighted by molar-refractivity contribution is -0.140. The highest BCUT2D eigenvalue weighted by atomic mass is 32.1. The molecule has 0 fully saturated rings. The van der Waals surface area contributed by atoms with Crippen molar-refractivity contribution in [1.29, 1.82) is 0 Å². The van der Waals surface area contributed by atoms with Gasteiger partial charge in [-0.3, -0.25) is 0 Å². The number of ether oxygens (including phenoxy) is 1. The van der Waals surface area contributed by atoms with E-state index in [4.69, 9.17) is 9.84 Å². The molecule has 0 atom stereocenters. The molecule has 194 valence electrons. The van der Waals surface area contributed by atoms with E-state index >= 15 is 0 Å². The van der Waals surface area contributed by atoms with Gasteiger partial charge < -0.3 is 15.2 Å². The molecular formula is C28H28F3N3O2S. The maximum absolute atomic E-state index is 14.0. The number of aromatic nitrogens is 2. The summed E-state index contributed by atoms with van der Waals surface area (Å²) in [4.78, 5) is 8.25. The molecule has 0 amide bonds. The molecule has 4 rings (SSSR count). The summed E-state index contributed by atoms with van der Waals surface area (Å²) in [6.07, 6.45) is -1.96. The predicted octanol–water partition coefficient (Wildman–Crippen LogP) is 7.98. The number of aryl methyl sites for hydroxylation is 1. The third-order valence-corrected chi connectivity index (χ3v) is 6.64. The van der Waals surface area contributed by atoms with Crippen molar-refractivity contribution in [2.45, 2.75) is 45.2 Å². The van der Waals surface area contributed by atoms with Crippen LogP contribution < -0.4 is 10.1 Å². The van der Waals surface area contributed by atoms with Crippen LogP contribution in [-0.4, -0.2) is 21.7 Å². The number of hydrogen-bond acceptors (Lipinski definition) is 6. The molecule has 2 aromatic heterocycles. The monoisotopic (exact) mass is 527 g/mol. The van der Waals surface area contributed by atoms with E-state index in [1.54, 1.807) is 36.5 Å². The van der Waals surface area contributed by atoms with Crippen molar-refractivity contribution in [2.75, 3.05) is 11.9 Å². The third kappa shape index (κ3) is 6.47. The SMILES string of the molecule is CC(C)(C)c1ccccc1Oc1ncccc1Nc1nc(C(F)(F)F)c(-c2cccc(CCCO)c2)s1. The molecular weight excluding hydrogens is 499 g/mol. The number of alkyl halides is 3. The largest absolute Gasteiger partial charge is 0.437 e. The highest BCUT2D eigenvalue weighted by Crippen LogP contribution is 2.44. The second-order valence-corrected chi connectivity index (χ2v) is 10.6. The van der Waals surface area contributed by atoms with Crippen molar-refractivity contribution >= 4 is 22.2 Å². The van der Waals surface area contributed by atoms with Crippen LogP contribution in [-0.2, 0) is 18.0 Å². The highest BCUT2D eigenvalue weighted by Gasteiger charge is 2.38. The molecule has 0 aliphatic carbocycles. The summed E-state index contributed by atoms with van der Waals surface area (Å²) < 4.78 is 48.0. The maximum atomic E-state index is 14.0. The number of para-hydroxylation sites is 1. The Balaban J connectivity index is 1.68. The Hall–Kier alpha value is -3.43. The molecule has 0 aliphatic heterocycles. The van der Waals surface area contributed by atoms with Crippen molar-refractivity contribution in [3.05, 3.63) is 83.7 Å². The molecule has 5 nitrogen and oxygen atoms in total. The fraction of sp³-hybridized carbons (Fsp3) is 0.286. The van der Waals surface area contributed by atoms with Crippen LogP contribution in [0.4, 0.5) is 24.0 Å². The minimum absolute atomic E-state index is 0.0163. The number of thiazole rings is 1. The predicted molar refractivity (Wildman–Crippen MR) is 141 cm³/mol. The number of aliphatic hydroxyl groups is 1. The van der Waals surface area contributed by atoms with Gasteiger partial charge in [-0.05, 0) is 47.6 Å². The van der Waals surface area contributed by atoms with Crippen LogP contribution in [0.1, 0.15) is 44.0 Å². The minimum atomic E-state index is -4.63. The van der Waals surface area contributed by atoms with E-state index in [1.807, 2.05) is 30.3 Å². The molecule has 4 aromatic rings. The number of hydrogen-bond donors (Lipinski definition) is 2. The van der Waals surface area contributed by atoms with E-state index in [-0.39, 0.29) is 27.9 Å². The molecule has 0 unspecified atom stereocenters. The van der Waals surface area contributed by atoms with Gasteiger partial charge in [-0.15, -0.1) is 0 Å². The summed E-state index contributed by atoms with van der Waals surface area (Å²) in [5.41, 5.74) is 1.51. The van der Waals surface area contributed by atoms with Crippen LogP contribution in [0.5, 0.6) is 11.6 Å². The lowest BCUT2D eigenvalue weighted by Crippen LogP contribution is -2.12. The normalized spacial score (nSPS) is 12.0. The summed E-state index contributed by atoms with van der Waals surface area (Å²) in [5.74, 6) is 0.850. The van der Waals surface area contributed by atoms with Gasteiger partial charge in [0.2, 0.25) is 5.88 Å². The number of nitrogens with zero attached hydrogens (tertiary/aromatic N) is 2. The van der Waals surface area contributed by atoms with Gasteiger partial charge >= 0.3 is 6.18 Å². The molecule has 0 saturated carbocycles. The summed E-state index contributed by atoms with van der Waals surface area (Å²) in [6.45, 7) is 6.23. The van der Waals surface area contributed by atoms with Gasteiger partial charge in [0.05, 0.1) is 4.88 Å². The van der Waals surface area contributed by atoms with Gasteiger partial charge in [0, 0.05) is 18.4 Å². The number of pyridine rings is 1. The van der Waals surface area contributed by atoms with Crippen molar-refractivity contribution in [3.8, 4) is 22.1 Å². The van der Waals surface area contributed by atoms with Gasteiger partial charge in [-0.2, -0.15) is 13.2 Å². The standard InChI is InChI=1S/C28H28F3N3O2S/c1-27(2,3)20-12-4-5-14-22(20)36-25-21(13-7-15-32-25)33-26-34-24(28(29,30)31)23(37-26)19-11-6-9-18(17-19)10-8-16-35/h4-7,9,11-15,17,35H,8,10,16H2,1-3H3,(H,33,34). The molecule has 0 saturated heterocycles. The zero-order chi connectivity index (χ0) is 26.6. The summed E-state index contributed by atoms with van der Waals surface area (Å²) in [6, 6.07) is 17.9. The van der Waals surface area contributed by atoms with E-state index in [1.165, 1.54) is 0 Å². The van der Waals surface area contributed by atoms with E-state index < -0.39 is 11.9 Å². The van der Waals surface area contributed by atoms with Crippen LogP contribution in [0.3, 0.4) is 0 Å². The van der Waals surface area contributed by atoms with Gasteiger partial charge in [-0.1, -0.05) is 74.6 Å². The summed E-state index contributed by atoms with van der Waals surface area (Å²) in [7, 11) is 0. The maximum Gasteiger partial charge on any atom is 0.434 e. The molecule has 0 bridgehead atoms. The lowest BCUT2D eigenvalue weighted by atomic mass is 9.86. The van der Waals surface area contributed by atoms with Gasteiger partial charge in [0.15, 0.2) is 10.8 Å². The average Bonchev–Trinajstić information content (AvgIpc) is 3.28. The van der Waals surface area contributed by atoms with Crippen LogP contribution in [0.15, 0.2) is 66.9 Å². The van der Waals surface area contributed by atoms with Gasteiger partial charge in [0.25, 0.3) is 0 Å². The molecule has 0 aliphatic rings. The number of benzene rings is 2. The Labute approximate surface area is 218 Å². The first kappa shape index (κ1) is 26.6. The van der Waals surface area contributed by atoms with Gasteiger partial charge in [0.1, 0.15) is 11.4 Å². The zero-order valence-corrected chi connectivity index (χ0v) is 21.6. The molecule has 2 N–H and O–H groups in total. The summed E-state index contributed by atoms with van der Waals surface area (Å²) in [5, 5.41) is 12.2. The Morgan fingerprint density at radius 1 is 1.00 bits per heavy atom. The molecule has 2 heterocycles. The third-order valence-electron chi connectivity index (χ3n) is 5.62. The summed E-state index contributed by atoms with van der Waals surface area (Å²) >= 11 is 0.914. The Kier molecular flexibility index (Phi) is 7.85. The quantitative estimate of drug-likeness (QED) is 0.243. The Bertz CT molecular complexity index is 1360. The van der Waals surface area contributed by atoms with Crippen LogP contribution >= 0.6 is 11.3 Å². The number of nitrogens with one attached hydrogen (secondary N) is 1. The second kappa shape index (κ2) is 10.9. The van der Waals surface area contributed by atoms with Crippen LogP contribution in [0.2, 0.25) is 0 Å². The lowest BCUT2D eigenvalue weighted by Gasteiger charge is -2.22. The second-order valence-electron chi connectivity index (χ2n) is 9.55. The number of anilines is 2. The smallest absolute Gasteiger partial charge is 0.434 e. The van der Waals surface area contributed by atoms with E-state index in [2.05, 4.69) is 36.1 Å². The molecule has 37 heavy (non-hydrogen) atoms. The number of aliphatic hydroxyl groups excluding tert-OH is 1. The van der Waals surface area contributed by atoms with Gasteiger partial charge in [-0.25, -0.2) is 9.97 Å². The minimum Gasteiger partial charge on any atom is -0.437 e. The van der Waals surface area contributed by atoms with Crippen molar-refractivity contribution < 1.29 is 23.0 Å². The van der Waals surface area contributed by atoms with E-state index in [9.17, 15) is 13.2 Å². The zero-order valence-electron chi connectivity index (χ0n) is 20.8. The topological polar surface area (TPSA) is 67.3 Å². The number of rotatable bonds is 8. The fourth-order valence-electron chi connectivity index (χ4n) is 3.87. The Morgan fingerprint density at radius 2 is 1.78 bits per heavy atom. The molecule has 0 radical (unpaired) electrons. The Morgan fingerprint density at radius 3 is 2.51 bits per heavy atom. The first-order valence-electron chi connectivity index (χ1n) is 11.8. The first-order valence-corrected chi connectivity index (χ1v) is 12.7. The van der Waals surface area contributed by atoms with Crippen LogP contribution in [0, 0.1) is 0 Å². The fourth-order valence-corrected chi connectivity index (χ4v) is 4.87. The molecule has 0 spiro atoms. The average molecular weight is 528 g/mol. The molecule has 9 heteroatoms. The van der Waals surface area contributed by atoms with Crippen molar-refractivity contribution in [3.63, 3.8) is 0 Å².